The van der Waals surface area contributed by atoms with E-state index in [1.54, 1.807) is 12.1 Å². The molecule has 0 aromatic heterocycles. The Bertz CT molecular complexity index is 756. The van der Waals surface area contributed by atoms with Gasteiger partial charge in [0.05, 0.1) is 11.8 Å². The second-order valence-electron chi connectivity index (χ2n) is 5.37. The third-order valence-electron chi connectivity index (χ3n) is 3.58. The summed E-state index contributed by atoms with van der Waals surface area (Å²) in [5.41, 5.74) is 5.20. The number of hydrazone groups is 1. The van der Waals surface area contributed by atoms with E-state index in [4.69, 9.17) is 10.5 Å². The van der Waals surface area contributed by atoms with E-state index in [9.17, 15) is 5.11 Å². The number of hydrogen-bond donors (Lipinski definition) is 3. The van der Waals surface area contributed by atoms with E-state index >= 15 is 0 Å². The van der Waals surface area contributed by atoms with Crippen LogP contribution in [0, 0.1) is 22.7 Å². The Morgan fingerprint density at radius 3 is 2.36 bits per heavy atom. The van der Waals surface area contributed by atoms with Crippen molar-refractivity contribution in [2.24, 2.45) is 5.10 Å². The van der Waals surface area contributed by atoms with Gasteiger partial charge >= 0.3 is 0 Å². The van der Waals surface area contributed by atoms with Gasteiger partial charge in [0.1, 0.15) is 12.1 Å². The molecular formula is C19H19N5O. The Labute approximate surface area is 147 Å². The van der Waals surface area contributed by atoms with Crippen molar-refractivity contribution in [1.29, 1.82) is 10.5 Å². The molecule has 0 radical (unpaired) electrons. The number of nitriles is 2. The molecule has 0 spiro atoms. The van der Waals surface area contributed by atoms with Crippen LogP contribution >= 0.6 is 0 Å². The van der Waals surface area contributed by atoms with Crippen LogP contribution in [0.2, 0.25) is 0 Å². The zero-order valence-electron chi connectivity index (χ0n) is 13.7. The van der Waals surface area contributed by atoms with Crippen molar-refractivity contribution >= 4 is 11.4 Å². The molecule has 0 aliphatic carbocycles. The first-order valence-electron chi connectivity index (χ1n) is 7.89. The molecule has 25 heavy (non-hydrogen) atoms. The van der Waals surface area contributed by atoms with E-state index in [-0.39, 0.29) is 5.71 Å². The van der Waals surface area contributed by atoms with Crippen LogP contribution in [0.1, 0.15) is 17.2 Å². The zero-order valence-corrected chi connectivity index (χ0v) is 13.7. The van der Waals surface area contributed by atoms with Crippen molar-refractivity contribution in [2.75, 3.05) is 18.5 Å². The lowest BCUT2D eigenvalue weighted by Crippen LogP contribution is -2.23. The molecule has 0 bridgehead atoms. The van der Waals surface area contributed by atoms with Crippen LogP contribution < -0.4 is 10.7 Å². The van der Waals surface area contributed by atoms with E-state index in [0.29, 0.717) is 12.2 Å². The van der Waals surface area contributed by atoms with Crippen molar-refractivity contribution < 1.29 is 5.11 Å². The Balaban J connectivity index is 1.74. The van der Waals surface area contributed by atoms with E-state index in [0.717, 1.165) is 24.1 Å². The number of benzene rings is 2. The normalized spacial score (nSPS) is 11.0. The molecule has 0 amide bonds. The lowest BCUT2D eigenvalue weighted by atomic mass is 10.1. The van der Waals surface area contributed by atoms with E-state index in [2.05, 4.69) is 15.8 Å². The summed E-state index contributed by atoms with van der Waals surface area (Å²) in [6.45, 7) is 1.26. The minimum absolute atomic E-state index is 0.217. The van der Waals surface area contributed by atoms with Gasteiger partial charge < -0.3 is 10.4 Å². The fraction of sp³-hybridized carbons (Fsp3) is 0.211. The lowest BCUT2D eigenvalue weighted by molar-refractivity contribution is 0.175. The maximum Gasteiger partial charge on any atom is 0.237 e. The maximum absolute atomic E-state index is 10.1. The molecule has 0 aliphatic heterocycles. The quantitative estimate of drug-likeness (QED) is 0.391. The molecule has 0 saturated carbocycles. The number of aliphatic hydroxyl groups excluding tert-OH is 1. The molecule has 2 aromatic carbocycles. The highest BCUT2D eigenvalue weighted by molar-refractivity contribution is 6.10. The standard InChI is InChI=1S/C19H19N5O/c20-12-18(13-21)24-23-17-8-6-15(7-9-17)10-11-22-14-19(25)16-4-2-1-3-5-16/h1-9,19,22-23,25H,10-11,14H2. The molecule has 0 saturated heterocycles. The number of anilines is 1. The average molecular weight is 333 g/mol. The summed E-state index contributed by atoms with van der Waals surface area (Å²) >= 11 is 0. The monoisotopic (exact) mass is 333 g/mol. The highest BCUT2D eigenvalue weighted by Gasteiger charge is 2.05. The number of nitrogens with zero attached hydrogens (tertiary/aromatic N) is 3. The van der Waals surface area contributed by atoms with Gasteiger partial charge in [0, 0.05) is 6.54 Å². The van der Waals surface area contributed by atoms with Gasteiger partial charge in [-0.05, 0) is 36.2 Å². The summed E-state index contributed by atoms with van der Waals surface area (Å²) in [6.07, 6.45) is 0.312. The summed E-state index contributed by atoms with van der Waals surface area (Å²) in [4.78, 5) is 0. The minimum atomic E-state index is -0.514. The molecule has 3 N–H and O–H groups in total. The Kier molecular flexibility index (Phi) is 7.14. The molecule has 1 unspecified atom stereocenters. The van der Waals surface area contributed by atoms with Gasteiger partial charge in [-0.1, -0.05) is 42.5 Å². The van der Waals surface area contributed by atoms with Crippen molar-refractivity contribution in [3.05, 3.63) is 65.7 Å². The van der Waals surface area contributed by atoms with Gasteiger partial charge in [-0.3, -0.25) is 5.43 Å². The molecule has 0 heterocycles. The van der Waals surface area contributed by atoms with Gasteiger partial charge in [-0.15, -0.1) is 0 Å². The molecule has 2 aromatic rings. The lowest BCUT2D eigenvalue weighted by Gasteiger charge is -2.12. The molecule has 2 rings (SSSR count). The van der Waals surface area contributed by atoms with Crippen LogP contribution in [-0.2, 0) is 6.42 Å². The second kappa shape index (κ2) is 9.84. The first-order valence-corrected chi connectivity index (χ1v) is 7.89. The van der Waals surface area contributed by atoms with Crippen LogP contribution in [0.15, 0.2) is 59.7 Å². The number of hydrogen-bond acceptors (Lipinski definition) is 6. The van der Waals surface area contributed by atoms with E-state index in [1.807, 2.05) is 54.6 Å². The summed E-state index contributed by atoms with van der Waals surface area (Å²) in [5, 5.41) is 34.2. The third-order valence-corrected chi connectivity index (χ3v) is 3.58. The van der Waals surface area contributed by atoms with Crippen LogP contribution in [-0.4, -0.2) is 23.9 Å². The van der Waals surface area contributed by atoms with Crippen LogP contribution in [0.3, 0.4) is 0 Å². The SMILES string of the molecule is N#CC(C#N)=NNc1ccc(CCNCC(O)c2ccccc2)cc1. The van der Waals surface area contributed by atoms with E-state index in [1.165, 1.54) is 0 Å². The van der Waals surface area contributed by atoms with Crippen LogP contribution in [0.5, 0.6) is 0 Å². The Morgan fingerprint density at radius 2 is 1.72 bits per heavy atom. The van der Waals surface area contributed by atoms with Gasteiger partial charge in [0.2, 0.25) is 5.71 Å². The molecule has 6 nitrogen and oxygen atoms in total. The third kappa shape index (κ3) is 6.08. The number of rotatable bonds is 8. The predicted octanol–water partition coefficient (Wildman–Crippen LogP) is 2.37. The highest BCUT2D eigenvalue weighted by atomic mass is 16.3. The molecule has 6 heteroatoms. The van der Waals surface area contributed by atoms with Gasteiger partial charge in [-0.25, -0.2) is 0 Å². The molecule has 0 fully saturated rings. The van der Waals surface area contributed by atoms with Crippen molar-refractivity contribution in [1.82, 2.24) is 5.32 Å². The van der Waals surface area contributed by atoms with Gasteiger partial charge in [0.15, 0.2) is 0 Å². The number of nitrogens with one attached hydrogen (secondary N) is 2. The topological polar surface area (TPSA) is 104 Å². The zero-order chi connectivity index (χ0) is 17.9. The van der Waals surface area contributed by atoms with Crippen molar-refractivity contribution in [3.8, 4) is 12.1 Å². The molecular weight excluding hydrogens is 314 g/mol. The summed E-state index contributed by atoms with van der Waals surface area (Å²) in [6, 6.07) is 20.5. The first kappa shape index (κ1) is 18.2. The maximum atomic E-state index is 10.1. The fourth-order valence-electron chi connectivity index (χ4n) is 2.21. The average Bonchev–Trinajstić information content (AvgIpc) is 2.67. The first-order chi connectivity index (χ1) is 12.2. The Morgan fingerprint density at radius 1 is 1.04 bits per heavy atom. The summed E-state index contributed by atoms with van der Waals surface area (Å²) in [7, 11) is 0. The predicted molar refractivity (Wildman–Crippen MR) is 96.7 cm³/mol. The molecule has 126 valence electrons. The van der Waals surface area contributed by atoms with Crippen LogP contribution in [0.25, 0.3) is 0 Å². The summed E-state index contributed by atoms with van der Waals surface area (Å²) in [5.74, 6) is 0. The molecule has 0 aliphatic rings. The second-order valence-corrected chi connectivity index (χ2v) is 5.37. The highest BCUT2D eigenvalue weighted by Crippen LogP contribution is 2.11. The molecule has 1 atom stereocenters. The van der Waals surface area contributed by atoms with Crippen molar-refractivity contribution in [2.45, 2.75) is 12.5 Å². The number of aliphatic hydroxyl groups is 1. The Hall–Kier alpha value is -3.19. The van der Waals surface area contributed by atoms with Crippen LogP contribution in [0.4, 0.5) is 5.69 Å². The fourth-order valence-corrected chi connectivity index (χ4v) is 2.21. The van der Waals surface area contributed by atoms with E-state index < -0.39 is 6.10 Å². The van der Waals surface area contributed by atoms with Crippen molar-refractivity contribution in [3.63, 3.8) is 0 Å². The minimum Gasteiger partial charge on any atom is -0.387 e. The van der Waals surface area contributed by atoms with Gasteiger partial charge in [0.25, 0.3) is 0 Å². The largest absolute Gasteiger partial charge is 0.387 e. The van der Waals surface area contributed by atoms with Gasteiger partial charge in [-0.2, -0.15) is 15.6 Å². The summed E-state index contributed by atoms with van der Waals surface area (Å²) < 4.78 is 0. The smallest absolute Gasteiger partial charge is 0.237 e.